The first-order valence-electron chi connectivity index (χ1n) is 11.4. The minimum atomic E-state index is -2.11. The lowest BCUT2D eigenvalue weighted by molar-refractivity contribution is -0.139. The standard InChI is InChI=1S/C24H23Cl2N3O8/c1-28-20(33)23(25)8-12-10(4-5-11-15(12)19(32)29(18(11)31)22(27)35)17(24(23,26)21(28)34)16-13(30)6-9(36-2)7-14(16)37-3/h4,6-7,11-12,15,17,30H,5,8H2,1-3H3,(H2,27,35)/t11-,12+,15-,17+,23+,24-/m0/s1. The predicted octanol–water partition coefficient (Wildman–Crippen LogP) is 1.48. The normalized spacial score (nSPS) is 34.7. The molecule has 3 N–H and O–H groups in total. The van der Waals surface area contributed by atoms with Gasteiger partial charge in [0.15, 0.2) is 9.75 Å². The number of benzene rings is 1. The van der Waals surface area contributed by atoms with Crippen molar-refractivity contribution < 1.29 is 38.6 Å². The van der Waals surface area contributed by atoms with Crippen molar-refractivity contribution in [1.82, 2.24) is 9.80 Å². The summed E-state index contributed by atoms with van der Waals surface area (Å²) in [5.74, 6) is -7.19. The fourth-order valence-electron chi connectivity index (χ4n) is 6.44. The van der Waals surface area contributed by atoms with Crippen molar-refractivity contribution in [3.05, 3.63) is 29.3 Å². The zero-order valence-electron chi connectivity index (χ0n) is 20.0. The van der Waals surface area contributed by atoms with Crippen molar-refractivity contribution >= 4 is 52.9 Å². The molecule has 0 spiro atoms. The maximum atomic E-state index is 13.6. The highest BCUT2D eigenvalue weighted by atomic mass is 35.5. The number of phenolic OH excluding ortho intramolecular Hbond substituents is 1. The van der Waals surface area contributed by atoms with Gasteiger partial charge in [-0.15, -0.1) is 23.2 Å². The number of allylic oxidation sites excluding steroid dienone is 2. The average molecular weight is 552 g/mol. The van der Waals surface area contributed by atoms with Crippen LogP contribution in [0, 0.1) is 17.8 Å². The molecular formula is C24H23Cl2N3O8. The molecule has 4 aliphatic rings. The van der Waals surface area contributed by atoms with Gasteiger partial charge in [0, 0.05) is 30.7 Å². The van der Waals surface area contributed by atoms with Gasteiger partial charge in [-0.25, -0.2) is 4.79 Å². The lowest BCUT2D eigenvalue weighted by Gasteiger charge is -2.51. The van der Waals surface area contributed by atoms with Crippen LogP contribution in [0.4, 0.5) is 4.79 Å². The molecule has 0 unspecified atom stereocenters. The van der Waals surface area contributed by atoms with Crippen LogP contribution >= 0.6 is 23.2 Å². The molecule has 0 aromatic heterocycles. The minimum Gasteiger partial charge on any atom is -0.507 e. The average Bonchev–Trinajstić information content (AvgIpc) is 3.19. The number of amides is 6. The van der Waals surface area contributed by atoms with E-state index in [0.29, 0.717) is 10.5 Å². The van der Waals surface area contributed by atoms with E-state index in [0.717, 1.165) is 4.90 Å². The molecule has 196 valence electrons. The number of likely N-dealkylation sites (tertiary alicyclic amines) is 2. The number of phenols is 1. The van der Waals surface area contributed by atoms with E-state index in [-0.39, 0.29) is 35.7 Å². The lowest BCUT2D eigenvalue weighted by Crippen LogP contribution is -2.60. The number of methoxy groups -OCH3 is 2. The molecule has 2 saturated heterocycles. The number of urea groups is 1. The van der Waals surface area contributed by atoms with Crippen LogP contribution in [0.2, 0.25) is 0 Å². The van der Waals surface area contributed by atoms with Gasteiger partial charge in [0.2, 0.25) is 11.8 Å². The molecule has 37 heavy (non-hydrogen) atoms. The number of fused-ring (bicyclic) bond motifs is 4. The molecule has 0 bridgehead atoms. The second kappa shape index (κ2) is 8.09. The molecule has 2 aliphatic heterocycles. The van der Waals surface area contributed by atoms with Gasteiger partial charge in [-0.05, 0) is 18.8 Å². The maximum absolute atomic E-state index is 13.6. The molecule has 5 rings (SSSR count). The van der Waals surface area contributed by atoms with Gasteiger partial charge in [-0.1, -0.05) is 11.6 Å². The molecule has 11 nitrogen and oxygen atoms in total. The number of carbonyl (C=O) groups is 5. The lowest BCUT2D eigenvalue weighted by atomic mass is 9.56. The van der Waals surface area contributed by atoms with E-state index in [4.69, 9.17) is 38.4 Å². The Kier molecular flexibility index (Phi) is 5.54. The summed E-state index contributed by atoms with van der Waals surface area (Å²) in [6.45, 7) is 0. The largest absolute Gasteiger partial charge is 0.507 e. The van der Waals surface area contributed by atoms with Crippen LogP contribution in [-0.4, -0.2) is 75.6 Å². The number of ether oxygens (including phenoxy) is 2. The quantitative estimate of drug-likeness (QED) is 0.325. The van der Waals surface area contributed by atoms with Crippen molar-refractivity contribution in [2.24, 2.45) is 23.5 Å². The Hall–Kier alpha value is -3.31. The molecule has 1 aromatic carbocycles. The smallest absolute Gasteiger partial charge is 0.328 e. The van der Waals surface area contributed by atoms with Crippen LogP contribution in [0.15, 0.2) is 23.8 Å². The summed E-state index contributed by atoms with van der Waals surface area (Å²) in [4.78, 5) is 62.2. The van der Waals surface area contributed by atoms with Gasteiger partial charge >= 0.3 is 6.03 Å². The molecule has 0 radical (unpaired) electrons. The van der Waals surface area contributed by atoms with E-state index in [1.54, 1.807) is 6.08 Å². The van der Waals surface area contributed by atoms with E-state index >= 15 is 0 Å². The van der Waals surface area contributed by atoms with E-state index in [1.165, 1.54) is 33.4 Å². The first-order chi connectivity index (χ1) is 17.3. The number of nitrogens with two attached hydrogens (primary N) is 1. The minimum absolute atomic E-state index is 0.0425. The van der Waals surface area contributed by atoms with Gasteiger partial charge in [-0.3, -0.25) is 24.1 Å². The summed E-state index contributed by atoms with van der Waals surface area (Å²) in [6, 6.07) is 1.57. The second-order valence-electron chi connectivity index (χ2n) is 9.61. The van der Waals surface area contributed by atoms with E-state index in [9.17, 15) is 29.1 Å². The molecule has 6 atom stereocenters. The van der Waals surface area contributed by atoms with E-state index < -0.39 is 63.1 Å². The van der Waals surface area contributed by atoms with Crippen molar-refractivity contribution in [3.8, 4) is 17.2 Å². The number of aromatic hydroxyl groups is 1. The summed E-state index contributed by atoms with van der Waals surface area (Å²) in [7, 11) is 3.98. The predicted molar refractivity (Wildman–Crippen MR) is 128 cm³/mol. The van der Waals surface area contributed by atoms with Gasteiger partial charge in [-0.2, -0.15) is 4.90 Å². The van der Waals surface area contributed by atoms with Crippen LogP contribution in [0.25, 0.3) is 0 Å². The zero-order chi connectivity index (χ0) is 27.2. The van der Waals surface area contributed by atoms with Crippen LogP contribution < -0.4 is 15.2 Å². The van der Waals surface area contributed by atoms with Gasteiger partial charge in [0.25, 0.3) is 11.8 Å². The van der Waals surface area contributed by atoms with Crippen LogP contribution in [0.1, 0.15) is 24.3 Å². The zero-order valence-corrected chi connectivity index (χ0v) is 21.5. The first-order valence-corrected chi connectivity index (χ1v) is 12.1. The fraction of sp³-hybridized carbons (Fsp3) is 0.458. The third-order valence-corrected chi connectivity index (χ3v) is 9.49. The monoisotopic (exact) mass is 551 g/mol. The molecule has 6 amide bonds. The molecule has 3 fully saturated rings. The Morgan fingerprint density at radius 1 is 1.08 bits per heavy atom. The molecule has 2 heterocycles. The number of imide groups is 4. The van der Waals surface area contributed by atoms with E-state index in [2.05, 4.69) is 0 Å². The molecule has 1 aromatic rings. The Labute approximate surface area is 221 Å². The highest BCUT2D eigenvalue weighted by Crippen LogP contribution is 2.67. The topological polar surface area (TPSA) is 157 Å². The summed E-state index contributed by atoms with van der Waals surface area (Å²) in [5.41, 5.74) is 5.80. The maximum Gasteiger partial charge on any atom is 0.328 e. The summed E-state index contributed by atoms with van der Waals surface area (Å²) < 4.78 is 10.7. The SMILES string of the molecule is COc1cc(O)c([C@H]2C3=CC[C@@H]4C(=O)N(C(N)=O)C(=O)[C@@H]4[C@@H]3C[C@@]3(Cl)C(=O)N(C)C(=O)[C@@]23Cl)c(OC)c1. The van der Waals surface area contributed by atoms with Gasteiger partial charge < -0.3 is 20.3 Å². The van der Waals surface area contributed by atoms with Crippen LogP contribution in [0.5, 0.6) is 17.2 Å². The van der Waals surface area contributed by atoms with Crippen molar-refractivity contribution in [2.45, 2.75) is 28.5 Å². The molecular weight excluding hydrogens is 529 g/mol. The van der Waals surface area contributed by atoms with Crippen molar-refractivity contribution in [1.29, 1.82) is 0 Å². The van der Waals surface area contributed by atoms with E-state index in [1.807, 2.05) is 0 Å². The van der Waals surface area contributed by atoms with Crippen molar-refractivity contribution in [3.63, 3.8) is 0 Å². The van der Waals surface area contributed by atoms with Crippen molar-refractivity contribution in [2.75, 3.05) is 21.3 Å². The van der Waals surface area contributed by atoms with Gasteiger partial charge in [0.1, 0.15) is 17.2 Å². The number of primary amides is 1. The summed E-state index contributed by atoms with van der Waals surface area (Å²) >= 11 is 14.1. The number of alkyl halides is 2. The van der Waals surface area contributed by atoms with Crippen LogP contribution in [-0.2, 0) is 19.2 Å². The summed E-state index contributed by atoms with van der Waals surface area (Å²) in [5, 5.41) is 11.1. The third-order valence-electron chi connectivity index (χ3n) is 8.07. The molecule has 13 heteroatoms. The number of carbonyl (C=O) groups excluding carboxylic acids is 5. The highest BCUT2D eigenvalue weighted by Gasteiger charge is 2.76. The highest BCUT2D eigenvalue weighted by molar-refractivity contribution is 6.53. The Bertz CT molecular complexity index is 1330. The Morgan fingerprint density at radius 3 is 2.35 bits per heavy atom. The first kappa shape index (κ1) is 25.3. The van der Waals surface area contributed by atoms with Crippen LogP contribution in [0.3, 0.4) is 0 Å². The number of hydrogen-bond acceptors (Lipinski definition) is 8. The Morgan fingerprint density at radius 2 is 1.76 bits per heavy atom. The second-order valence-corrected chi connectivity index (χ2v) is 10.9. The number of halogens is 2. The van der Waals surface area contributed by atoms with Gasteiger partial charge in [0.05, 0.1) is 26.1 Å². The molecule has 1 saturated carbocycles. The number of hydrogen-bond donors (Lipinski definition) is 2. The number of nitrogens with zero attached hydrogens (tertiary/aromatic N) is 2. The third kappa shape index (κ3) is 2.98. The Balaban J connectivity index is 1.79. The fourth-order valence-corrected chi connectivity index (χ4v) is 7.45. The molecule has 2 aliphatic carbocycles. The summed E-state index contributed by atoms with van der Waals surface area (Å²) in [6.07, 6.45) is 1.44. The number of rotatable bonds is 3.